The van der Waals surface area contributed by atoms with Crippen LogP contribution in [0.2, 0.25) is 0 Å². The number of nitrogens with one attached hydrogen (secondary N) is 6. The molecule has 3 aromatic heterocycles. The molecule has 5 aromatic carbocycles. The number of carbonyl (C=O) groups is 3. The molecule has 3 aliphatic rings. The van der Waals surface area contributed by atoms with E-state index in [2.05, 4.69) is 90.8 Å². The van der Waals surface area contributed by atoms with Crippen LogP contribution in [0, 0.1) is 0 Å². The highest BCUT2D eigenvalue weighted by Gasteiger charge is 2.41. The molecule has 3 saturated heterocycles. The number of aliphatic hydroxyl groups is 3. The second kappa shape index (κ2) is 30.0. The molecule has 28 heteroatoms. The van der Waals surface area contributed by atoms with Crippen molar-refractivity contribution in [3.63, 3.8) is 0 Å². The van der Waals surface area contributed by atoms with Gasteiger partial charge in [-0.05, 0) is 94.5 Å². The number of rotatable bonds is 25. The lowest BCUT2D eigenvalue weighted by Crippen LogP contribution is -2.40. The predicted molar refractivity (Wildman–Crippen MR) is 336 cm³/mol. The molecule has 25 nitrogen and oxygen atoms in total. The number of nitrogens with zero attached hydrogens (tertiary/aromatic N) is 7. The molecule has 3 fully saturated rings. The Balaban J connectivity index is 0.660. The summed E-state index contributed by atoms with van der Waals surface area (Å²) in [6, 6.07) is 38.0. The molecule has 8 aromatic rings. The van der Waals surface area contributed by atoms with Crippen molar-refractivity contribution in [1.29, 1.82) is 0 Å². The quantitative estimate of drug-likeness (QED) is 0.0291. The highest BCUT2D eigenvalue weighted by molar-refractivity contribution is 7.15. The summed E-state index contributed by atoms with van der Waals surface area (Å²) >= 11 is 3.51. The minimum Gasteiger partial charge on any atom is -0.497 e. The number of β-amino-alcohol motifs (C(OH)–C–C–N with tert-alkyl or cyclic N) is 3. The van der Waals surface area contributed by atoms with Gasteiger partial charge in [0.05, 0.1) is 46.0 Å². The maximum Gasteiger partial charge on any atom is 0.414 e. The Morgan fingerprint density at radius 1 is 0.511 bits per heavy atom. The summed E-state index contributed by atoms with van der Waals surface area (Å²) in [7, 11) is 4.73. The molecule has 3 aliphatic heterocycles. The Morgan fingerprint density at radius 3 is 1.60 bits per heavy atom. The largest absolute Gasteiger partial charge is 0.497 e. The second-order valence-corrected chi connectivity index (χ2v) is 24.9. The van der Waals surface area contributed by atoms with E-state index in [4.69, 9.17) is 28.4 Å². The topological polar surface area (TPSA) is 320 Å². The van der Waals surface area contributed by atoms with E-state index in [0.717, 1.165) is 72.6 Å². The van der Waals surface area contributed by atoms with Crippen LogP contribution in [0.4, 0.5) is 30.6 Å². The van der Waals surface area contributed by atoms with Crippen molar-refractivity contribution >= 4 is 68.7 Å². The van der Waals surface area contributed by atoms with Gasteiger partial charge in [-0.25, -0.2) is 19.4 Å². The summed E-state index contributed by atoms with van der Waals surface area (Å²) in [6.07, 6.45) is -6.04. The van der Waals surface area contributed by atoms with Gasteiger partial charge in [-0.1, -0.05) is 114 Å². The van der Waals surface area contributed by atoms with Gasteiger partial charge in [0, 0.05) is 51.1 Å². The van der Waals surface area contributed by atoms with Gasteiger partial charge >= 0.3 is 18.3 Å². The van der Waals surface area contributed by atoms with Crippen LogP contribution in [0.1, 0.15) is 54.0 Å². The molecule has 90 heavy (non-hydrogen) atoms. The molecule has 0 saturated carbocycles. The minimum atomic E-state index is -1.02. The van der Waals surface area contributed by atoms with Crippen molar-refractivity contribution in [2.45, 2.75) is 106 Å². The molecular formula is C62H69N13O12S3. The fourth-order valence-electron chi connectivity index (χ4n) is 11.3. The van der Waals surface area contributed by atoms with Gasteiger partial charge < -0.3 is 59.7 Å². The van der Waals surface area contributed by atoms with Crippen LogP contribution in [0.5, 0.6) is 17.2 Å². The summed E-state index contributed by atoms with van der Waals surface area (Å²) in [6.45, 7) is 2.55. The van der Waals surface area contributed by atoms with Crippen LogP contribution >= 0.6 is 34.2 Å². The minimum absolute atomic E-state index is 0.0478. The first kappa shape index (κ1) is 63.3. The molecule has 3 amide bonds. The zero-order valence-corrected chi connectivity index (χ0v) is 51.8. The van der Waals surface area contributed by atoms with Gasteiger partial charge in [-0.3, -0.25) is 20.9 Å². The summed E-state index contributed by atoms with van der Waals surface area (Å²) < 4.78 is 38.3. The van der Waals surface area contributed by atoms with Crippen LogP contribution in [0.15, 0.2) is 121 Å². The maximum absolute atomic E-state index is 13.5. The number of hydrogen-bond acceptors (Lipinski definition) is 25. The molecule has 11 rings (SSSR count). The van der Waals surface area contributed by atoms with E-state index in [-0.39, 0.29) is 41.9 Å². The molecule has 9 N–H and O–H groups in total. The molecule has 0 bridgehead atoms. The van der Waals surface area contributed by atoms with Crippen molar-refractivity contribution < 1.29 is 58.1 Å². The van der Waals surface area contributed by atoms with Crippen molar-refractivity contribution in [2.24, 2.45) is 0 Å². The van der Waals surface area contributed by atoms with Gasteiger partial charge in [0.25, 0.3) is 0 Å². The average Bonchev–Trinajstić information content (AvgIpc) is 2.12. The molecule has 0 radical (unpaired) electrons. The highest BCUT2D eigenvalue weighted by atomic mass is 32.1. The Kier molecular flexibility index (Phi) is 21.1. The lowest BCUT2D eigenvalue weighted by atomic mass is 9.95. The van der Waals surface area contributed by atoms with Crippen LogP contribution in [0.3, 0.4) is 0 Å². The molecule has 0 unspecified atom stereocenters. The van der Waals surface area contributed by atoms with Crippen molar-refractivity contribution in [3.8, 4) is 17.2 Å². The number of carbonyl (C=O) groups excluding carboxylic acids is 3. The Bertz CT molecular complexity index is 3640. The van der Waals surface area contributed by atoms with Crippen molar-refractivity contribution in [1.82, 2.24) is 50.6 Å². The predicted octanol–water partition coefficient (Wildman–Crippen LogP) is 6.13. The summed E-state index contributed by atoms with van der Waals surface area (Å²) in [5.74, 6) is 1.97. The van der Waals surface area contributed by atoms with Gasteiger partial charge in [-0.15, -0.1) is 20.4 Å². The number of amides is 3. The van der Waals surface area contributed by atoms with E-state index >= 15 is 0 Å². The van der Waals surface area contributed by atoms with E-state index in [1.54, 1.807) is 21.3 Å². The van der Waals surface area contributed by atoms with E-state index < -0.39 is 67.0 Å². The highest BCUT2D eigenvalue weighted by Crippen LogP contribution is 2.31. The molecule has 472 valence electrons. The normalized spacial score (nSPS) is 21.2. The van der Waals surface area contributed by atoms with Crippen LogP contribution in [0.25, 0.3) is 0 Å². The third-order valence-electron chi connectivity index (χ3n) is 15.7. The first-order valence-electron chi connectivity index (χ1n) is 29.2. The molecule has 6 heterocycles. The van der Waals surface area contributed by atoms with E-state index in [1.807, 2.05) is 97.1 Å². The van der Waals surface area contributed by atoms with E-state index in [1.165, 1.54) is 11.3 Å². The molecular weight excluding hydrogens is 1210 g/mol. The van der Waals surface area contributed by atoms with E-state index in [9.17, 15) is 29.7 Å². The molecule has 0 aliphatic carbocycles. The SMILES string of the molecule is COc1ccc(C[C@H]2NC[C@H](O)[C@H]2OC(=O)Nc2nsc(Cc3cc(OC)ccc3C[C@H]3NC[C@H](O)[C@H]3OC(=O)Nc3nnc(Cc4cc(C[C@H]5NC[C@H](O)[C@H]5OC(=O)Nc5nnc(CN(Cc6ccccc6)Cc6ccccc6)s5)ccc4OC)s3)n2)cc1. The Labute approximate surface area is 530 Å². The van der Waals surface area contributed by atoms with Crippen molar-refractivity contribution in [2.75, 3.05) is 56.9 Å². The first-order chi connectivity index (χ1) is 43.8. The average molecular weight is 1280 g/mol. The lowest BCUT2D eigenvalue weighted by Gasteiger charge is -2.23. The zero-order chi connectivity index (χ0) is 62.5. The summed E-state index contributed by atoms with van der Waals surface area (Å²) in [4.78, 5) is 46.8. The third kappa shape index (κ3) is 16.7. The monoisotopic (exact) mass is 1280 g/mol. The second-order valence-electron chi connectivity index (χ2n) is 22.0. The van der Waals surface area contributed by atoms with E-state index in [0.29, 0.717) is 73.3 Å². The summed E-state index contributed by atoms with van der Waals surface area (Å²) in [5.41, 5.74) is 6.66. The Hall–Kier alpha value is -8.29. The van der Waals surface area contributed by atoms with Crippen LogP contribution in [-0.2, 0) is 65.9 Å². The molecule has 0 spiro atoms. The molecule has 9 atom stereocenters. The number of benzene rings is 5. The number of anilines is 3. The van der Waals surface area contributed by atoms with Crippen molar-refractivity contribution in [3.05, 3.63) is 175 Å². The standard InChI is InChI=1S/C62H69N13O12S3/c1-82-42-18-14-35(15-19-42)23-44-54(47(76)29-63-44)85-60(79)67-57-66-51(90-74-57)27-40-25-43(83-2)20-17-39(40)26-46-56(49(78)31-65-46)87-61(80)68-58-72-70-52(88-58)28-41-22-38(16-21-50(41)84-3)24-45-55(48(77)30-64-45)86-62(81)69-59-73-71-53(89-59)34-75(32-36-10-6-4-7-11-36)33-37-12-8-5-9-13-37/h4-22,25,44-49,54-56,63-65,76-78H,23-24,26-34H2,1-3H3,(H,67,74,79)(H,68,72,80)(H,69,73,81)/t44-,45-,46-,47+,48+,49+,54+,55+,56+/m1/s1. The maximum atomic E-state index is 13.5. The third-order valence-corrected chi connectivity index (χ3v) is 18.0. The zero-order valence-electron chi connectivity index (χ0n) is 49.4. The fourth-order valence-corrected chi connectivity index (χ4v) is 13.4. The van der Waals surface area contributed by atoms with Crippen LogP contribution < -0.4 is 46.1 Å². The van der Waals surface area contributed by atoms with Gasteiger partial charge in [-0.2, -0.15) is 4.37 Å². The van der Waals surface area contributed by atoms with Gasteiger partial charge in [0.2, 0.25) is 16.2 Å². The number of methoxy groups -OCH3 is 3. The lowest BCUT2D eigenvalue weighted by molar-refractivity contribution is 0.0254. The Morgan fingerprint density at radius 2 is 1.02 bits per heavy atom. The van der Waals surface area contributed by atoms with Gasteiger partial charge in [0.1, 0.15) is 68.9 Å². The van der Waals surface area contributed by atoms with Crippen LogP contribution in [-0.4, -0.2) is 164 Å². The number of ether oxygens (including phenoxy) is 6. The number of aliphatic hydroxyl groups excluding tert-OH is 3. The smallest absolute Gasteiger partial charge is 0.414 e. The fraction of sp³-hybridized carbons (Fsp3) is 0.371. The number of hydrogen-bond donors (Lipinski definition) is 9. The first-order valence-corrected chi connectivity index (χ1v) is 31.6. The number of aromatic nitrogens is 6. The van der Waals surface area contributed by atoms with Gasteiger partial charge in [0.15, 0.2) is 0 Å². The summed E-state index contributed by atoms with van der Waals surface area (Å²) in [5, 5.41) is 70.1.